The van der Waals surface area contributed by atoms with Crippen LogP contribution in [-0.2, 0) is 28.6 Å². The zero-order valence-corrected chi connectivity index (χ0v) is 49.8. The van der Waals surface area contributed by atoms with Gasteiger partial charge in [-0.2, -0.15) is 0 Å². The van der Waals surface area contributed by atoms with Crippen LogP contribution in [0.5, 0.6) is 0 Å². The Kier molecular flexibility index (Phi) is 60.7. The summed E-state index contributed by atoms with van der Waals surface area (Å²) in [6, 6.07) is 0. The summed E-state index contributed by atoms with van der Waals surface area (Å²) >= 11 is 0. The number of allylic oxidation sites excluding steroid dienone is 12. The van der Waals surface area contributed by atoms with Gasteiger partial charge in [0.15, 0.2) is 6.10 Å². The molecule has 75 heavy (non-hydrogen) atoms. The first-order valence-electron chi connectivity index (χ1n) is 32.4. The molecule has 0 aromatic heterocycles. The Morgan fingerprint density at radius 2 is 0.480 bits per heavy atom. The monoisotopic (exact) mass is 1050 g/mol. The second kappa shape index (κ2) is 63.4. The maximum atomic E-state index is 12.8. The van der Waals surface area contributed by atoms with Gasteiger partial charge in [0.25, 0.3) is 0 Å². The molecule has 6 heteroatoms. The molecule has 0 heterocycles. The number of esters is 3. The summed E-state index contributed by atoms with van der Waals surface area (Å²) in [5.74, 6) is -0.887. The first kappa shape index (κ1) is 71.8. The third-order valence-corrected chi connectivity index (χ3v) is 14.2. The molecule has 0 fully saturated rings. The minimum absolute atomic E-state index is 0.0771. The normalized spacial score (nSPS) is 12.5. The van der Waals surface area contributed by atoms with Crippen LogP contribution < -0.4 is 0 Å². The molecule has 0 amide bonds. The molecule has 0 saturated heterocycles. The Morgan fingerprint density at radius 3 is 0.747 bits per heavy atom. The van der Waals surface area contributed by atoms with Crippen LogP contribution in [0.1, 0.15) is 329 Å². The summed E-state index contributed by atoms with van der Waals surface area (Å²) < 4.78 is 16.8. The smallest absolute Gasteiger partial charge is 0.306 e. The van der Waals surface area contributed by atoms with Crippen molar-refractivity contribution in [2.75, 3.05) is 13.2 Å². The lowest BCUT2D eigenvalue weighted by atomic mass is 10.0. The average molecular weight is 1050 g/mol. The molecule has 0 spiro atoms. The molecule has 0 aliphatic heterocycles. The van der Waals surface area contributed by atoms with E-state index in [9.17, 15) is 14.4 Å². The molecule has 1 unspecified atom stereocenters. The first-order valence-corrected chi connectivity index (χ1v) is 32.4. The van der Waals surface area contributed by atoms with Gasteiger partial charge in [-0.25, -0.2) is 0 Å². The molecule has 0 N–H and O–H groups in total. The van der Waals surface area contributed by atoms with Gasteiger partial charge in [-0.05, 0) is 96.3 Å². The van der Waals surface area contributed by atoms with Crippen molar-refractivity contribution in [3.63, 3.8) is 0 Å². The molecule has 0 rings (SSSR count). The number of rotatable bonds is 59. The van der Waals surface area contributed by atoms with Gasteiger partial charge < -0.3 is 14.2 Å². The second-order valence-corrected chi connectivity index (χ2v) is 21.7. The highest BCUT2D eigenvalue weighted by molar-refractivity contribution is 5.71. The lowest BCUT2D eigenvalue weighted by molar-refractivity contribution is -0.167. The number of unbranched alkanes of at least 4 members (excludes halogenated alkanes) is 36. The highest BCUT2D eigenvalue weighted by Gasteiger charge is 2.19. The molecule has 0 aromatic rings. The zero-order chi connectivity index (χ0) is 54.3. The van der Waals surface area contributed by atoms with Gasteiger partial charge in [0, 0.05) is 19.3 Å². The molecule has 0 saturated carbocycles. The molecular formula is C69H122O6. The van der Waals surface area contributed by atoms with E-state index in [4.69, 9.17) is 14.2 Å². The minimum Gasteiger partial charge on any atom is -0.462 e. The van der Waals surface area contributed by atoms with Gasteiger partial charge in [0.1, 0.15) is 13.2 Å². The van der Waals surface area contributed by atoms with E-state index in [1.165, 1.54) is 193 Å². The van der Waals surface area contributed by atoms with Gasteiger partial charge in [0.2, 0.25) is 0 Å². The Morgan fingerprint density at radius 1 is 0.267 bits per heavy atom. The summed E-state index contributed by atoms with van der Waals surface area (Å²) in [5, 5.41) is 0. The SMILES string of the molecule is CCCCCCC/C=C\C/C=C\C/C=C\CCCCCCCCCCCCCCCCC(=O)OCC(COC(=O)CCCCCCC)OC(=O)CCCCCCCCCC/C=C\C/C=C\C/C=C\CCCCCCC. The van der Waals surface area contributed by atoms with Crippen molar-refractivity contribution in [2.24, 2.45) is 0 Å². The van der Waals surface area contributed by atoms with E-state index in [0.717, 1.165) is 96.3 Å². The van der Waals surface area contributed by atoms with Crippen molar-refractivity contribution >= 4 is 17.9 Å². The minimum atomic E-state index is -0.776. The Bertz CT molecular complexity index is 1390. The van der Waals surface area contributed by atoms with Crippen LogP contribution in [0.4, 0.5) is 0 Å². The van der Waals surface area contributed by atoms with Crippen molar-refractivity contribution in [3.05, 3.63) is 72.9 Å². The number of carbonyl (C=O) groups excluding carboxylic acids is 3. The van der Waals surface area contributed by atoms with Crippen LogP contribution in [0.15, 0.2) is 72.9 Å². The summed E-state index contributed by atoms with van der Waals surface area (Å²) in [7, 11) is 0. The van der Waals surface area contributed by atoms with Crippen LogP contribution in [0.2, 0.25) is 0 Å². The zero-order valence-electron chi connectivity index (χ0n) is 49.8. The standard InChI is InChI=1S/C69H122O6/c1-4-7-10-13-15-17-19-21-23-25-27-29-31-32-33-34-35-36-38-39-41-43-45-47-49-51-53-56-59-62-68(71)74-65-66(64-73-67(70)61-58-55-12-9-6-3)75-69(72)63-60-57-54-52-50-48-46-44-42-40-37-30-28-26-24-22-20-18-16-14-11-8-5-2/h19-22,25-28,31-32,37,40,66H,4-18,23-24,29-30,33-36,38-39,41-65H2,1-3H3/b21-19-,22-20-,27-25-,28-26-,32-31-,40-37-. The lowest BCUT2D eigenvalue weighted by Crippen LogP contribution is -2.30. The largest absolute Gasteiger partial charge is 0.462 e. The van der Waals surface area contributed by atoms with Gasteiger partial charge in [-0.3, -0.25) is 14.4 Å². The van der Waals surface area contributed by atoms with Crippen molar-refractivity contribution in [3.8, 4) is 0 Å². The summed E-state index contributed by atoms with van der Waals surface area (Å²) in [6.45, 7) is 6.56. The fraction of sp³-hybridized carbons (Fsp3) is 0.783. The van der Waals surface area contributed by atoms with Gasteiger partial charge in [0.05, 0.1) is 0 Å². The van der Waals surface area contributed by atoms with Crippen LogP contribution >= 0.6 is 0 Å². The highest BCUT2D eigenvalue weighted by atomic mass is 16.6. The summed E-state index contributed by atoms with van der Waals surface area (Å²) in [6.07, 6.45) is 82.5. The van der Waals surface area contributed by atoms with Gasteiger partial charge in [-0.1, -0.05) is 286 Å². The van der Waals surface area contributed by atoms with Crippen LogP contribution in [0, 0.1) is 0 Å². The molecule has 1 atom stereocenters. The van der Waals surface area contributed by atoms with Crippen molar-refractivity contribution in [2.45, 2.75) is 335 Å². The average Bonchev–Trinajstić information content (AvgIpc) is 3.41. The van der Waals surface area contributed by atoms with Crippen molar-refractivity contribution in [1.29, 1.82) is 0 Å². The summed E-state index contributed by atoms with van der Waals surface area (Å²) in [5.41, 5.74) is 0. The maximum absolute atomic E-state index is 12.8. The predicted octanol–water partition coefficient (Wildman–Crippen LogP) is 22.1. The quantitative estimate of drug-likeness (QED) is 0.0261. The van der Waals surface area contributed by atoms with E-state index in [0.29, 0.717) is 19.3 Å². The van der Waals surface area contributed by atoms with E-state index in [1.807, 2.05) is 0 Å². The van der Waals surface area contributed by atoms with E-state index in [2.05, 4.69) is 93.7 Å². The molecule has 0 aromatic carbocycles. The number of ether oxygens (including phenoxy) is 3. The Balaban J connectivity index is 4.03. The third-order valence-electron chi connectivity index (χ3n) is 14.2. The van der Waals surface area contributed by atoms with Gasteiger partial charge in [-0.15, -0.1) is 0 Å². The van der Waals surface area contributed by atoms with E-state index < -0.39 is 6.10 Å². The third kappa shape index (κ3) is 61.6. The van der Waals surface area contributed by atoms with E-state index in [-0.39, 0.29) is 31.1 Å². The van der Waals surface area contributed by atoms with E-state index >= 15 is 0 Å². The first-order chi connectivity index (χ1) is 37.0. The van der Waals surface area contributed by atoms with Crippen LogP contribution in [0.25, 0.3) is 0 Å². The lowest BCUT2D eigenvalue weighted by Gasteiger charge is -2.18. The van der Waals surface area contributed by atoms with Crippen molar-refractivity contribution < 1.29 is 28.6 Å². The van der Waals surface area contributed by atoms with Gasteiger partial charge >= 0.3 is 17.9 Å². The highest BCUT2D eigenvalue weighted by Crippen LogP contribution is 2.16. The molecule has 0 bridgehead atoms. The van der Waals surface area contributed by atoms with Crippen LogP contribution in [0.3, 0.4) is 0 Å². The Labute approximate surface area is 465 Å². The van der Waals surface area contributed by atoms with Crippen molar-refractivity contribution in [1.82, 2.24) is 0 Å². The van der Waals surface area contributed by atoms with E-state index in [1.54, 1.807) is 0 Å². The molecule has 6 nitrogen and oxygen atoms in total. The number of carbonyl (C=O) groups is 3. The fourth-order valence-corrected chi connectivity index (χ4v) is 9.28. The predicted molar refractivity (Wildman–Crippen MR) is 325 cm³/mol. The fourth-order valence-electron chi connectivity index (χ4n) is 9.28. The Hall–Kier alpha value is -3.15. The number of hydrogen-bond donors (Lipinski definition) is 0. The topological polar surface area (TPSA) is 78.9 Å². The second-order valence-electron chi connectivity index (χ2n) is 21.7. The molecular weight excluding hydrogens is 925 g/mol. The number of hydrogen-bond acceptors (Lipinski definition) is 6. The summed E-state index contributed by atoms with van der Waals surface area (Å²) in [4.78, 5) is 37.9. The molecule has 0 aliphatic rings. The molecule has 0 aliphatic carbocycles. The molecule has 0 radical (unpaired) electrons. The van der Waals surface area contributed by atoms with Crippen LogP contribution in [-0.4, -0.2) is 37.2 Å². The molecule has 434 valence electrons. The maximum Gasteiger partial charge on any atom is 0.306 e.